The summed E-state index contributed by atoms with van der Waals surface area (Å²) < 4.78 is 18.6. The van der Waals surface area contributed by atoms with Crippen LogP contribution in [0, 0.1) is 12.8 Å². The second kappa shape index (κ2) is 6.76. The summed E-state index contributed by atoms with van der Waals surface area (Å²) in [6.07, 6.45) is 2.74. The van der Waals surface area contributed by atoms with Crippen molar-refractivity contribution in [1.29, 1.82) is 0 Å². The van der Waals surface area contributed by atoms with Crippen molar-refractivity contribution in [3.8, 4) is 0 Å². The predicted octanol–water partition coefficient (Wildman–Crippen LogP) is 1.93. The molecule has 0 aliphatic carbocycles. The molecular formula is C19H25N3O5. The van der Waals surface area contributed by atoms with E-state index in [0.29, 0.717) is 62.9 Å². The van der Waals surface area contributed by atoms with E-state index in [1.807, 2.05) is 13.8 Å². The van der Waals surface area contributed by atoms with Gasteiger partial charge >= 0.3 is 0 Å². The Kier molecular flexibility index (Phi) is 4.55. The summed E-state index contributed by atoms with van der Waals surface area (Å²) in [6.45, 7) is 8.54. The van der Waals surface area contributed by atoms with Crippen LogP contribution in [0.1, 0.15) is 42.8 Å². The highest BCUT2D eigenvalue weighted by Crippen LogP contribution is 2.32. The van der Waals surface area contributed by atoms with E-state index >= 15 is 0 Å². The number of aryl methyl sites for hydroxylation is 1. The van der Waals surface area contributed by atoms with Crippen LogP contribution in [-0.4, -0.2) is 52.4 Å². The van der Waals surface area contributed by atoms with Gasteiger partial charge in [-0.2, -0.15) is 0 Å². The second-order valence-corrected chi connectivity index (χ2v) is 7.71. The van der Waals surface area contributed by atoms with Crippen molar-refractivity contribution in [2.45, 2.75) is 45.9 Å². The van der Waals surface area contributed by atoms with E-state index in [1.54, 1.807) is 16.4 Å². The summed E-state index contributed by atoms with van der Waals surface area (Å²) in [7, 11) is 0. The van der Waals surface area contributed by atoms with E-state index in [2.05, 4.69) is 4.98 Å². The first-order chi connectivity index (χ1) is 12.9. The Morgan fingerprint density at radius 2 is 1.93 bits per heavy atom. The Balaban J connectivity index is 1.65. The molecule has 0 bridgehead atoms. The number of fused-ring (bicyclic) bond motifs is 1. The van der Waals surface area contributed by atoms with Gasteiger partial charge in [0.25, 0.3) is 11.5 Å². The number of carbonyl (C=O) groups is 1. The van der Waals surface area contributed by atoms with E-state index in [-0.39, 0.29) is 22.6 Å². The summed E-state index contributed by atoms with van der Waals surface area (Å²) in [5, 5.41) is 0.273. The monoisotopic (exact) mass is 375 g/mol. The molecule has 2 aromatic rings. The lowest BCUT2D eigenvalue weighted by atomic mass is 10.0. The number of furan rings is 1. The molecule has 2 fully saturated rings. The summed E-state index contributed by atoms with van der Waals surface area (Å²) in [6, 6.07) is 0. The van der Waals surface area contributed by atoms with Crippen molar-refractivity contribution in [2.75, 3.05) is 26.3 Å². The molecule has 4 heterocycles. The Labute approximate surface area is 157 Å². The second-order valence-electron chi connectivity index (χ2n) is 7.71. The van der Waals surface area contributed by atoms with Gasteiger partial charge in [0.15, 0.2) is 5.79 Å². The van der Waals surface area contributed by atoms with E-state index < -0.39 is 5.79 Å². The number of nitrogens with zero attached hydrogens (tertiary/aromatic N) is 3. The number of ether oxygens (including phenoxy) is 2. The van der Waals surface area contributed by atoms with E-state index in [0.717, 1.165) is 0 Å². The van der Waals surface area contributed by atoms with Gasteiger partial charge in [-0.25, -0.2) is 4.98 Å². The topological polar surface area (TPSA) is 86.8 Å². The zero-order valence-corrected chi connectivity index (χ0v) is 16.0. The molecule has 8 nitrogen and oxygen atoms in total. The van der Waals surface area contributed by atoms with Crippen LogP contribution in [0.3, 0.4) is 0 Å². The minimum Gasteiger partial charge on any atom is -0.442 e. The lowest BCUT2D eigenvalue weighted by Crippen LogP contribution is -2.47. The van der Waals surface area contributed by atoms with Crippen LogP contribution in [0.15, 0.2) is 15.5 Å². The summed E-state index contributed by atoms with van der Waals surface area (Å²) >= 11 is 0. The lowest BCUT2D eigenvalue weighted by Gasteiger charge is -2.37. The Morgan fingerprint density at radius 3 is 2.56 bits per heavy atom. The van der Waals surface area contributed by atoms with Crippen molar-refractivity contribution >= 4 is 17.0 Å². The molecule has 1 amide bonds. The molecule has 0 atom stereocenters. The van der Waals surface area contributed by atoms with Gasteiger partial charge in [0.1, 0.15) is 17.5 Å². The van der Waals surface area contributed by atoms with E-state index in [9.17, 15) is 9.59 Å². The third kappa shape index (κ3) is 3.17. The number of likely N-dealkylation sites (tertiary alicyclic amines) is 1. The molecule has 2 aliphatic heterocycles. The maximum Gasteiger partial charge on any atom is 0.265 e. The van der Waals surface area contributed by atoms with Crippen LogP contribution in [0.4, 0.5) is 0 Å². The van der Waals surface area contributed by atoms with Gasteiger partial charge in [-0.1, -0.05) is 13.8 Å². The summed E-state index contributed by atoms with van der Waals surface area (Å²) in [4.78, 5) is 32.1. The minimum absolute atomic E-state index is 0.194. The molecule has 8 heteroatoms. The molecule has 0 aromatic carbocycles. The van der Waals surface area contributed by atoms with E-state index in [1.165, 1.54) is 6.33 Å². The highest BCUT2D eigenvalue weighted by molar-refractivity contribution is 6.06. The molecule has 0 saturated carbocycles. The average molecular weight is 375 g/mol. The molecule has 2 aliphatic rings. The highest BCUT2D eigenvalue weighted by Gasteiger charge is 2.41. The molecule has 0 unspecified atom stereocenters. The first-order valence-corrected chi connectivity index (χ1v) is 9.46. The predicted molar refractivity (Wildman–Crippen MR) is 97.6 cm³/mol. The Hall–Kier alpha value is -2.19. The molecule has 0 radical (unpaired) electrons. The number of carbonyl (C=O) groups excluding carboxylic acids is 1. The highest BCUT2D eigenvalue weighted by atomic mass is 16.7. The molecule has 0 N–H and O–H groups in total. The zero-order valence-electron chi connectivity index (χ0n) is 16.0. The van der Waals surface area contributed by atoms with Crippen LogP contribution in [0.5, 0.6) is 0 Å². The number of hydrogen-bond donors (Lipinski definition) is 0. The smallest absolute Gasteiger partial charge is 0.265 e. The van der Waals surface area contributed by atoms with Crippen LogP contribution in [-0.2, 0) is 16.0 Å². The van der Waals surface area contributed by atoms with Crippen LogP contribution < -0.4 is 5.56 Å². The van der Waals surface area contributed by atoms with Gasteiger partial charge in [0, 0.05) is 32.5 Å². The van der Waals surface area contributed by atoms with Gasteiger partial charge in [-0.15, -0.1) is 0 Å². The van der Waals surface area contributed by atoms with Crippen LogP contribution >= 0.6 is 0 Å². The normalized spacial score (nSPS) is 19.5. The maximum absolute atomic E-state index is 13.2. The number of hydrogen-bond acceptors (Lipinski definition) is 6. The molecule has 27 heavy (non-hydrogen) atoms. The zero-order chi connectivity index (χ0) is 19.2. The first kappa shape index (κ1) is 18.2. The third-order valence-corrected chi connectivity index (χ3v) is 5.26. The summed E-state index contributed by atoms with van der Waals surface area (Å²) in [5.74, 6) is -0.0230. The molecule has 2 aromatic heterocycles. The van der Waals surface area contributed by atoms with Crippen molar-refractivity contribution in [3.05, 3.63) is 28.0 Å². The molecule has 4 rings (SSSR count). The largest absolute Gasteiger partial charge is 0.442 e. The minimum atomic E-state index is -0.546. The molecule has 1 spiro atoms. The Bertz CT molecular complexity index is 913. The third-order valence-electron chi connectivity index (χ3n) is 5.26. The average Bonchev–Trinajstić information content (AvgIpc) is 3.22. The standard InChI is InChI=1S/C19H25N3O5/c1-12(2)10-22-11-20-16-15(18(22)24)14(13(3)27-16)17(23)21-6-4-19(5-7-21)25-8-9-26-19/h11-12H,4-10H2,1-3H3. The quantitative estimate of drug-likeness (QED) is 0.815. The van der Waals surface area contributed by atoms with Gasteiger partial charge in [0.2, 0.25) is 5.71 Å². The molecule has 146 valence electrons. The fraction of sp³-hybridized carbons (Fsp3) is 0.632. The molecule has 2 saturated heterocycles. The fourth-order valence-corrected chi connectivity index (χ4v) is 3.91. The van der Waals surface area contributed by atoms with Gasteiger partial charge in [0.05, 0.1) is 18.8 Å². The van der Waals surface area contributed by atoms with Gasteiger partial charge in [-0.05, 0) is 12.8 Å². The van der Waals surface area contributed by atoms with Crippen molar-refractivity contribution < 1.29 is 18.7 Å². The van der Waals surface area contributed by atoms with Crippen LogP contribution in [0.25, 0.3) is 11.1 Å². The first-order valence-electron chi connectivity index (χ1n) is 9.46. The van der Waals surface area contributed by atoms with Crippen molar-refractivity contribution in [3.63, 3.8) is 0 Å². The van der Waals surface area contributed by atoms with Crippen molar-refractivity contribution in [2.24, 2.45) is 5.92 Å². The van der Waals surface area contributed by atoms with E-state index in [4.69, 9.17) is 13.9 Å². The van der Waals surface area contributed by atoms with Crippen LogP contribution in [0.2, 0.25) is 0 Å². The number of piperidine rings is 1. The number of rotatable bonds is 3. The fourth-order valence-electron chi connectivity index (χ4n) is 3.91. The Morgan fingerprint density at radius 1 is 1.26 bits per heavy atom. The van der Waals surface area contributed by atoms with Crippen molar-refractivity contribution in [1.82, 2.24) is 14.5 Å². The number of amides is 1. The van der Waals surface area contributed by atoms with Gasteiger partial charge in [-0.3, -0.25) is 14.2 Å². The molecular weight excluding hydrogens is 350 g/mol. The number of aromatic nitrogens is 2. The van der Waals surface area contributed by atoms with Gasteiger partial charge < -0.3 is 18.8 Å². The summed E-state index contributed by atoms with van der Waals surface area (Å²) in [5.41, 5.74) is 0.312. The maximum atomic E-state index is 13.2. The SMILES string of the molecule is Cc1oc2ncn(CC(C)C)c(=O)c2c1C(=O)N1CCC2(CC1)OCCO2. The lowest BCUT2D eigenvalue weighted by molar-refractivity contribution is -0.181.